The van der Waals surface area contributed by atoms with Gasteiger partial charge in [-0.25, -0.2) is 0 Å². The van der Waals surface area contributed by atoms with Gasteiger partial charge in [0.25, 0.3) is 11.7 Å². The summed E-state index contributed by atoms with van der Waals surface area (Å²) in [5.74, 6) is -0.0107. The molecule has 35 heavy (non-hydrogen) atoms. The second-order valence-corrected chi connectivity index (χ2v) is 8.96. The average molecular weight is 470 g/mol. The molecule has 1 amide bonds. The molecule has 2 aliphatic rings. The van der Waals surface area contributed by atoms with Crippen LogP contribution in [0.4, 0.5) is 0 Å². The first-order valence-electron chi connectivity index (χ1n) is 11.7. The van der Waals surface area contributed by atoms with Crippen LogP contribution in [0.5, 0.6) is 11.5 Å². The predicted molar refractivity (Wildman–Crippen MR) is 132 cm³/mol. The summed E-state index contributed by atoms with van der Waals surface area (Å²) in [6.45, 7) is 2.33. The van der Waals surface area contributed by atoms with Crippen LogP contribution in [-0.4, -0.2) is 41.5 Å². The number of fused-ring (bicyclic) bond motifs is 1. The van der Waals surface area contributed by atoms with Crippen molar-refractivity contribution in [2.24, 2.45) is 0 Å². The average Bonchev–Trinajstić information content (AvgIpc) is 3.38. The van der Waals surface area contributed by atoms with Crippen molar-refractivity contribution in [3.8, 4) is 11.5 Å². The molecule has 3 aromatic carbocycles. The first-order valence-corrected chi connectivity index (χ1v) is 11.7. The lowest BCUT2D eigenvalue weighted by atomic mass is 9.94. The molecule has 0 spiro atoms. The van der Waals surface area contributed by atoms with E-state index in [2.05, 4.69) is 0 Å². The van der Waals surface area contributed by atoms with E-state index in [0.29, 0.717) is 24.3 Å². The van der Waals surface area contributed by atoms with Crippen molar-refractivity contribution in [2.45, 2.75) is 31.9 Å². The number of Topliss-reactive ketones (excluding diaryl/α,β-unsaturated/α-hetero) is 1. The minimum atomic E-state index is -0.701. The third-order valence-corrected chi connectivity index (χ3v) is 6.63. The maximum atomic E-state index is 13.3. The molecule has 0 aromatic heterocycles. The normalized spacial score (nSPS) is 20.6. The fraction of sp³-hybridized carbons (Fsp3) is 0.241. The first kappa shape index (κ1) is 22.7. The van der Waals surface area contributed by atoms with Gasteiger partial charge in [-0.05, 0) is 60.4 Å². The number of carbonyl (C=O) groups is 2. The molecule has 0 aliphatic carbocycles. The monoisotopic (exact) mass is 469 g/mol. The van der Waals surface area contributed by atoms with E-state index in [-0.39, 0.29) is 17.4 Å². The number of hydrogen-bond donors (Lipinski definition) is 1. The Morgan fingerprint density at radius 3 is 2.51 bits per heavy atom. The number of ketones is 1. The van der Waals surface area contributed by atoms with Gasteiger partial charge in [0, 0.05) is 18.5 Å². The van der Waals surface area contributed by atoms with Gasteiger partial charge in [0.05, 0.1) is 18.7 Å². The van der Waals surface area contributed by atoms with Gasteiger partial charge in [0.15, 0.2) is 0 Å². The maximum absolute atomic E-state index is 13.3. The zero-order valence-corrected chi connectivity index (χ0v) is 19.7. The number of aliphatic hydroxyl groups is 1. The summed E-state index contributed by atoms with van der Waals surface area (Å²) in [5.41, 5.74) is 3.37. The molecule has 2 heterocycles. The molecule has 1 fully saturated rings. The second-order valence-electron chi connectivity index (χ2n) is 8.96. The smallest absolute Gasteiger partial charge is 0.295 e. The molecule has 2 atom stereocenters. The van der Waals surface area contributed by atoms with Gasteiger partial charge in [0.2, 0.25) is 0 Å². The van der Waals surface area contributed by atoms with Crippen LogP contribution in [0.15, 0.2) is 78.4 Å². The van der Waals surface area contributed by atoms with Gasteiger partial charge >= 0.3 is 0 Å². The van der Waals surface area contributed by atoms with Crippen molar-refractivity contribution < 1.29 is 24.2 Å². The molecule has 3 aromatic rings. The number of amides is 1. The van der Waals surface area contributed by atoms with Crippen LogP contribution in [0.1, 0.15) is 35.2 Å². The van der Waals surface area contributed by atoms with Crippen LogP contribution < -0.4 is 9.47 Å². The zero-order valence-electron chi connectivity index (χ0n) is 19.7. The number of carbonyl (C=O) groups excluding carboxylic acids is 2. The number of rotatable bonds is 6. The largest absolute Gasteiger partial charge is 0.507 e. The Bertz CT molecular complexity index is 1300. The van der Waals surface area contributed by atoms with E-state index >= 15 is 0 Å². The summed E-state index contributed by atoms with van der Waals surface area (Å²) in [5, 5.41) is 11.4. The second kappa shape index (κ2) is 9.29. The summed E-state index contributed by atoms with van der Waals surface area (Å²) in [7, 11) is 1.58. The van der Waals surface area contributed by atoms with Crippen LogP contribution in [0.25, 0.3) is 5.76 Å². The van der Waals surface area contributed by atoms with Gasteiger partial charge in [-0.3, -0.25) is 9.59 Å². The Kier molecular flexibility index (Phi) is 6.03. The Labute approximate surface area is 204 Å². The Balaban J connectivity index is 1.57. The summed E-state index contributed by atoms with van der Waals surface area (Å²) < 4.78 is 11.1. The maximum Gasteiger partial charge on any atom is 0.295 e. The minimum absolute atomic E-state index is 0.0604. The molecule has 6 nitrogen and oxygen atoms in total. The van der Waals surface area contributed by atoms with Crippen molar-refractivity contribution >= 4 is 17.4 Å². The number of methoxy groups -OCH3 is 1. The quantitative estimate of drug-likeness (QED) is 0.322. The molecule has 178 valence electrons. The highest BCUT2D eigenvalue weighted by molar-refractivity contribution is 6.46. The zero-order chi connectivity index (χ0) is 24.5. The molecule has 1 N–H and O–H groups in total. The van der Waals surface area contributed by atoms with E-state index in [4.69, 9.17) is 9.47 Å². The predicted octanol–water partition coefficient (Wildman–Crippen LogP) is 4.68. The highest BCUT2D eigenvalue weighted by atomic mass is 16.5. The third-order valence-electron chi connectivity index (χ3n) is 6.63. The van der Waals surface area contributed by atoms with Crippen molar-refractivity contribution in [2.75, 3.05) is 13.7 Å². The molecule has 0 unspecified atom stereocenters. The molecule has 0 saturated carbocycles. The molecule has 0 radical (unpaired) electrons. The molecule has 0 bridgehead atoms. The van der Waals surface area contributed by atoms with E-state index in [9.17, 15) is 14.7 Å². The van der Waals surface area contributed by atoms with Crippen molar-refractivity contribution in [1.82, 2.24) is 4.90 Å². The SMILES string of the molecule is COc1ccc([C@H]2/C(=C(\O)c3ccc4c(c3)C[C@H](C)O4)C(=O)C(=O)N2CCc2ccccc2)cc1. The molecule has 2 aliphatic heterocycles. The lowest BCUT2D eigenvalue weighted by molar-refractivity contribution is -0.139. The number of nitrogens with zero attached hydrogens (tertiary/aromatic N) is 1. The van der Waals surface area contributed by atoms with Gasteiger partial charge in [-0.15, -0.1) is 0 Å². The van der Waals surface area contributed by atoms with E-state index in [1.807, 2.05) is 61.5 Å². The van der Waals surface area contributed by atoms with Gasteiger partial charge in [-0.2, -0.15) is 0 Å². The highest BCUT2D eigenvalue weighted by Crippen LogP contribution is 2.41. The van der Waals surface area contributed by atoms with Crippen molar-refractivity contribution in [3.05, 3.63) is 101 Å². The van der Waals surface area contributed by atoms with E-state index < -0.39 is 17.7 Å². The van der Waals surface area contributed by atoms with Crippen LogP contribution >= 0.6 is 0 Å². The summed E-state index contributed by atoms with van der Waals surface area (Å²) in [6.07, 6.45) is 1.38. The molecule has 1 saturated heterocycles. The highest BCUT2D eigenvalue weighted by Gasteiger charge is 2.46. The number of likely N-dealkylation sites (tertiary alicyclic amines) is 1. The Hall–Kier alpha value is -4.06. The number of hydrogen-bond acceptors (Lipinski definition) is 5. The van der Waals surface area contributed by atoms with E-state index in [1.165, 1.54) is 0 Å². The molecular formula is C29H27NO5. The lowest BCUT2D eigenvalue weighted by Crippen LogP contribution is -2.31. The number of aliphatic hydroxyl groups excluding tert-OH is 1. The van der Waals surface area contributed by atoms with E-state index in [1.54, 1.807) is 30.2 Å². The van der Waals surface area contributed by atoms with Crippen LogP contribution in [0, 0.1) is 0 Å². The molecule has 6 heteroatoms. The topological polar surface area (TPSA) is 76.1 Å². The third kappa shape index (κ3) is 4.28. The standard InChI is InChI=1S/C29H27NO5/c1-18-16-22-17-21(10-13-24(22)35-18)27(31)25-26(20-8-11-23(34-2)12-9-20)30(29(33)28(25)32)15-14-19-6-4-3-5-7-19/h3-13,17-18,26,31H,14-16H2,1-2H3/b27-25+/t18-,26-/m0/s1. The van der Waals surface area contributed by atoms with Crippen molar-refractivity contribution in [1.29, 1.82) is 0 Å². The van der Waals surface area contributed by atoms with E-state index in [0.717, 1.165) is 28.9 Å². The van der Waals surface area contributed by atoms with Crippen molar-refractivity contribution in [3.63, 3.8) is 0 Å². The molecule has 5 rings (SSSR count). The van der Waals surface area contributed by atoms with Crippen LogP contribution in [-0.2, 0) is 22.4 Å². The summed E-state index contributed by atoms with van der Waals surface area (Å²) >= 11 is 0. The van der Waals surface area contributed by atoms with Crippen LogP contribution in [0.3, 0.4) is 0 Å². The fourth-order valence-corrected chi connectivity index (χ4v) is 4.86. The van der Waals surface area contributed by atoms with Gasteiger partial charge < -0.3 is 19.5 Å². The Morgan fingerprint density at radius 1 is 1.06 bits per heavy atom. The van der Waals surface area contributed by atoms with Crippen LogP contribution in [0.2, 0.25) is 0 Å². The lowest BCUT2D eigenvalue weighted by Gasteiger charge is -2.25. The first-order chi connectivity index (χ1) is 17.0. The Morgan fingerprint density at radius 2 is 1.80 bits per heavy atom. The summed E-state index contributed by atoms with van der Waals surface area (Å²) in [4.78, 5) is 28.0. The summed E-state index contributed by atoms with van der Waals surface area (Å²) in [6, 6.07) is 21.7. The number of ether oxygens (including phenoxy) is 2. The molecular weight excluding hydrogens is 442 g/mol. The van der Waals surface area contributed by atoms with Gasteiger partial charge in [-0.1, -0.05) is 42.5 Å². The minimum Gasteiger partial charge on any atom is -0.507 e. The fourth-order valence-electron chi connectivity index (χ4n) is 4.86. The van der Waals surface area contributed by atoms with Gasteiger partial charge in [0.1, 0.15) is 23.4 Å². The number of benzene rings is 3.